The van der Waals surface area contributed by atoms with Crippen molar-refractivity contribution in [3.8, 4) is 0 Å². The number of hydrogen-bond donors (Lipinski definition) is 0. The lowest BCUT2D eigenvalue weighted by Crippen LogP contribution is -2.47. The van der Waals surface area contributed by atoms with E-state index < -0.39 is 0 Å². The first-order valence-corrected chi connectivity index (χ1v) is 9.07. The minimum absolute atomic E-state index is 0.625. The molecule has 0 aromatic rings. The summed E-state index contributed by atoms with van der Waals surface area (Å²) in [6.45, 7) is 7.40. The predicted octanol–water partition coefficient (Wildman–Crippen LogP) is 4.84. The summed E-state index contributed by atoms with van der Waals surface area (Å²) in [6.07, 6.45) is 11.6. The SMILES string of the molecule is CC(C)CCN(CC1(CBr)CCC1)C1CCCC1. The van der Waals surface area contributed by atoms with Crippen molar-refractivity contribution in [2.75, 3.05) is 18.4 Å². The van der Waals surface area contributed by atoms with Crippen LogP contribution in [0.25, 0.3) is 0 Å². The van der Waals surface area contributed by atoms with E-state index in [1.165, 1.54) is 69.8 Å². The Morgan fingerprint density at radius 1 is 1.17 bits per heavy atom. The number of halogens is 1. The largest absolute Gasteiger partial charge is 0.300 e. The standard InChI is InChI=1S/C16H30BrN/c1-14(2)8-11-18(15-6-3-4-7-15)13-16(12-17)9-5-10-16/h14-15H,3-13H2,1-2H3. The van der Waals surface area contributed by atoms with Crippen LogP contribution in [0, 0.1) is 11.3 Å². The highest BCUT2D eigenvalue weighted by atomic mass is 79.9. The molecule has 0 N–H and O–H groups in total. The van der Waals surface area contributed by atoms with E-state index in [0.717, 1.165) is 12.0 Å². The third kappa shape index (κ3) is 3.72. The van der Waals surface area contributed by atoms with Crippen LogP contribution in [0.4, 0.5) is 0 Å². The van der Waals surface area contributed by atoms with Gasteiger partial charge in [-0.1, -0.05) is 49.0 Å². The zero-order chi connectivity index (χ0) is 13.0. The molecule has 2 fully saturated rings. The minimum Gasteiger partial charge on any atom is -0.300 e. The molecule has 2 rings (SSSR count). The van der Waals surface area contributed by atoms with Gasteiger partial charge in [-0.2, -0.15) is 0 Å². The van der Waals surface area contributed by atoms with Gasteiger partial charge in [-0.3, -0.25) is 4.90 Å². The van der Waals surface area contributed by atoms with E-state index >= 15 is 0 Å². The van der Waals surface area contributed by atoms with Gasteiger partial charge >= 0.3 is 0 Å². The van der Waals surface area contributed by atoms with Crippen LogP contribution in [0.3, 0.4) is 0 Å². The van der Waals surface area contributed by atoms with Gasteiger partial charge < -0.3 is 0 Å². The van der Waals surface area contributed by atoms with Crippen LogP contribution in [-0.2, 0) is 0 Å². The molecule has 2 aliphatic carbocycles. The number of nitrogens with zero attached hydrogens (tertiary/aromatic N) is 1. The third-order valence-electron chi connectivity index (χ3n) is 5.07. The molecule has 18 heavy (non-hydrogen) atoms. The van der Waals surface area contributed by atoms with Gasteiger partial charge in [0.25, 0.3) is 0 Å². The van der Waals surface area contributed by atoms with Gasteiger partial charge in [0.2, 0.25) is 0 Å². The van der Waals surface area contributed by atoms with E-state index in [0.29, 0.717) is 5.41 Å². The third-order valence-corrected chi connectivity index (χ3v) is 6.26. The Morgan fingerprint density at radius 3 is 2.28 bits per heavy atom. The molecule has 0 aromatic heterocycles. The van der Waals surface area contributed by atoms with Crippen molar-refractivity contribution in [1.82, 2.24) is 4.90 Å². The molecule has 0 bridgehead atoms. The second kappa shape index (κ2) is 6.74. The summed E-state index contributed by atoms with van der Waals surface area (Å²) >= 11 is 3.77. The van der Waals surface area contributed by atoms with E-state index in [1.54, 1.807) is 0 Å². The molecular weight excluding hydrogens is 286 g/mol. The number of rotatable bonds is 7. The van der Waals surface area contributed by atoms with Crippen molar-refractivity contribution in [2.24, 2.45) is 11.3 Å². The quantitative estimate of drug-likeness (QED) is 0.607. The van der Waals surface area contributed by atoms with Crippen LogP contribution in [0.1, 0.15) is 65.2 Å². The normalized spacial score (nSPS) is 23.8. The molecule has 0 atom stereocenters. The zero-order valence-electron chi connectivity index (χ0n) is 12.3. The second-order valence-electron chi connectivity index (χ2n) is 7.08. The molecule has 0 amide bonds. The van der Waals surface area contributed by atoms with Crippen molar-refractivity contribution in [3.63, 3.8) is 0 Å². The van der Waals surface area contributed by atoms with Gasteiger partial charge in [-0.15, -0.1) is 0 Å². The lowest BCUT2D eigenvalue weighted by molar-refractivity contribution is 0.0626. The van der Waals surface area contributed by atoms with E-state index in [2.05, 4.69) is 34.7 Å². The molecule has 106 valence electrons. The summed E-state index contributed by atoms with van der Waals surface area (Å²) in [6, 6.07) is 0.903. The van der Waals surface area contributed by atoms with Crippen LogP contribution in [0.5, 0.6) is 0 Å². The molecule has 0 radical (unpaired) electrons. The lowest BCUT2D eigenvalue weighted by Gasteiger charge is -2.46. The van der Waals surface area contributed by atoms with Crippen molar-refractivity contribution in [1.29, 1.82) is 0 Å². The summed E-state index contributed by atoms with van der Waals surface area (Å²) in [4.78, 5) is 2.85. The van der Waals surface area contributed by atoms with Crippen LogP contribution in [-0.4, -0.2) is 29.4 Å². The highest BCUT2D eigenvalue weighted by Gasteiger charge is 2.39. The van der Waals surface area contributed by atoms with Crippen LogP contribution in [0.15, 0.2) is 0 Å². The van der Waals surface area contributed by atoms with E-state index in [-0.39, 0.29) is 0 Å². The lowest BCUT2D eigenvalue weighted by atomic mass is 9.70. The molecule has 0 saturated heterocycles. The summed E-state index contributed by atoms with van der Waals surface area (Å²) in [7, 11) is 0. The van der Waals surface area contributed by atoms with Crippen molar-refractivity contribution >= 4 is 15.9 Å². The zero-order valence-corrected chi connectivity index (χ0v) is 13.8. The number of hydrogen-bond acceptors (Lipinski definition) is 1. The Hall–Kier alpha value is 0.440. The fourth-order valence-corrected chi connectivity index (χ4v) is 4.26. The van der Waals surface area contributed by atoms with Gasteiger partial charge in [0.05, 0.1) is 0 Å². The monoisotopic (exact) mass is 315 g/mol. The maximum Gasteiger partial charge on any atom is 0.0100 e. The average molecular weight is 316 g/mol. The maximum atomic E-state index is 3.77. The highest BCUT2D eigenvalue weighted by molar-refractivity contribution is 9.09. The molecule has 0 aromatic carbocycles. The molecule has 2 heteroatoms. The van der Waals surface area contributed by atoms with Crippen LogP contribution in [0.2, 0.25) is 0 Å². The second-order valence-corrected chi connectivity index (χ2v) is 7.64. The first kappa shape index (κ1) is 14.8. The van der Waals surface area contributed by atoms with E-state index in [4.69, 9.17) is 0 Å². The molecular formula is C16H30BrN. The number of alkyl halides is 1. The van der Waals surface area contributed by atoms with Crippen molar-refractivity contribution < 1.29 is 0 Å². The fraction of sp³-hybridized carbons (Fsp3) is 1.00. The summed E-state index contributed by atoms with van der Waals surface area (Å²) in [5, 5.41) is 1.21. The minimum atomic E-state index is 0.625. The van der Waals surface area contributed by atoms with E-state index in [1.807, 2.05) is 0 Å². The smallest absolute Gasteiger partial charge is 0.0100 e. The van der Waals surface area contributed by atoms with Gasteiger partial charge in [0.1, 0.15) is 0 Å². The summed E-state index contributed by atoms with van der Waals surface area (Å²) < 4.78 is 0. The Morgan fingerprint density at radius 2 is 1.83 bits per heavy atom. The Balaban J connectivity index is 1.90. The highest BCUT2D eigenvalue weighted by Crippen LogP contribution is 2.44. The predicted molar refractivity (Wildman–Crippen MR) is 83.4 cm³/mol. The van der Waals surface area contributed by atoms with Gasteiger partial charge in [-0.05, 0) is 50.0 Å². The maximum absolute atomic E-state index is 3.77. The summed E-state index contributed by atoms with van der Waals surface area (Å²) in [5.41, 5.74) is 0.625. The van der Waals surface area contributed by atoms with Gasteiger partial charge in [0, 0.05) is 17.9 Å². The molecule has 1 nitrogen and oxygen atoms in total. The Kier molecular flexibility index (Phi) is 5.56. The molecule has 0 spiro atoms. The van der Waals surface area contributed by atoms with Crippen molar-refractivity contribution in [2.45, 2.75) is 71.3 Å². The molecule has 0 heterocycles. The first-order valence-electron chi connectivity index (χ1n) is 7.95. The topological polar surface area (TPSA) is 3.24 Å². The van der Waals surface area contributed by atoms with E-state index in [9.17, 15) is 0 Å². The van der Waals surface area contributed by atoms with Crippen LogP contribution >= 0.6 is 15.9 Å². The molecule has 0 unspecified atom stereocenters. The fourth-order valence-electron chi connectivity index (χ4n) is 3.53. The van der Waals surface area contributed by atoms with Crippen LogP contribution < -0.4 is 0 Å². The van der Waals surface area contributed by atoms with Crippen molar-refractivity contribution in [3.05, 3.63) is 0 Å². The molecule has 2 aliphatic rings. The van der Waals surface area contributed by atoms with Gasteiger partial charge in [0.15, 0.2) is 0 Å². The molecule has 0 aliphatic heterocycles. The average Bonchev–Trinajstić information content (AvgIpc) is 2.80. The van der Waals surface area contributed by atoms with Gasteiger partial charge in [-0.25, -0.2) is 0 Å². The Labute approximate surface area is 122 Å². The molecule has 2 saturated carbocycles. The Bertz CT molecular complexity index is 236. The first-order chi connectivity index (χ1) is 8.65. The summed E-state index contributed by atoms with van der Waals surface area (Å²) in [5.74, 6) is 0.843.